The standard InChI is InChI=1S/C14H14ClN3O/c1-10-3-5-11(6-4-10)8-18-14(15)12(7-16)13(17-18)9-19-2/h3-6H,8-9H2,1-2H3. The summed E-state index contributed by atoms with van der Waals surface area (Å²) in [5, 5.41) is 13.8. The van der Waals surface area contributed by atoms with Crippen molar-refractivity contribution in [3.8, 4) is 6.07 Å². The highest BCUT2D eigenvalue weighted by Crippen LogP contribution is 2.21. The predicted molar refractivity (Wildman–Crippen MR) is 72.9 cm³/mol. The van der Waals surface area contributed by atoms with E-state index < -0.39 is 0 Å². The number of hydrogen-bond donors (Lipinski definition) is 0. The van der Waals surface area contributed by atoms with Crippen LogP contribution in [-0.4, -0.2) is 16.9 Å². The van der Waals surface area contributed by atoms with Crippen LogP contribution in [0, 0.1) is 18.3 Å². The molecule has 2 aromatic rings. The molecular weight excluding hydrogens is 262 g/mol. The van der Waals surface area contributed by atoms with E-state index in [9.17, 15) is 0 Å². The number of halogens is 1. The summed E-state index contributed by atoms with van der Waals surface area (Å²) >= 11 is 6.17. The lowest BCUT2D eigenvalue weighted by atomic mass is 10.1. The van der Waals surface area contributed by atoms with Crippen molar-refractivity contribution >= 4 is 11.6 Å². The Morgan fingerprint density at radius 3 is 2.63 bits per heavy atom. The second kappa shape index (κ2) is 5.87. The van der Waals surface area contributed by atoms with Crippen molar-refractivity contribution in [2.45, 2.75) is 20.1 Å². The number of nitrogens with zero attached hydrogens (tertiary/aromatic N) is 3. The largest absolute Gasteiger partial charge is 0.378 e. The third kappa shape index (κ3) is 2.95. The van der Waals surface area contributed by atoms with Gasteiger partial charge in [0.1, 0.15) is 22.5 Å². The zero-order chi connectivity index (χ0) is 13.8. The van der Waals surface area contributed by atoms with E-state index in [2.05, 4.69) is 11.2 Å². The minimum Gasteiger partial charge on any atom is -0.378 e. The molecule has 0 radical (unpaired) electrons. The number of benzene rings is 1. The van der Waals surface area contributed by atoms with Gasteiger partial charge >= 0.3 is 0 Å². The Labute approximate surface area is 117 Å². The third-order valence-electron chi connectivity index (χ3n) is 2.81. The highest BCUT2D eigenvalue weighted by molar-refractivity contribution is 6.30. The minimum atomic E-state index is 0.281. The maximum Gasteiger partial charge on any atom is 0.145 e. The van der Waals surface area contributed by atoms with Crippen molar-refractivity contribution in [3.63, 3.8) is 0 Å². The zero-order valence-electron chi connectivity index (χ0n) is 10.9. The van der Waals surface area contributed by atoms with E-state index in [4.69, 9.17) is 21.6 Å². The molecule has 0 aliphatic heterocycles. The maximum atomic E-state index is 9.10. The van der Waals surface area contributed by atoms with Gasteiger partial charge < -0.3 is 4.74 Å². The molecule has 0 spiro atoms. The number of aryl methyl sites for hydroxylation is 1. The number of methoxy groups -OCH3 is 1. The van der Waals surface area contributed by atoms with Gasteiger partial charge in [0, 0.05) is 7.11 Å². The summed E-state index contributed by atoms with van der Waals surface area (Å²) in [6.07, 6.45) is 0. The SMILES string of the molecule is COCc1nn(Cc2ccc(C)cc2)c(Cl)c1C#N. The van der Waals surface area contributed by atoms with Crippen molar-refractivity contribution in [2.24, 2.45) is 0 Å². The summed E-state index contributed by atoms with van der Waals surface area (Å²) in [7, 11) is 1.56. The van der Waals surface area contributed by atoms with Crippen LogP contribution < -0.4 is 0 Å². The van der Waals surface area contributed by atoms with Crippen molar-refractivity contribution in [1.82, 2.24) is 9.78 Å². The fourth-order valence-corrected chi connectivity index (χ4v) is 2.06. The molecule has 0 unspecified atom stereocenters. The molecule has 0 atom stereocenters. The predicted octanol–water partition coefficient (Wildman–Crippen LogP) is 2.91. The molecule has 1 aromatic carbocycles. The Kier molecular flexibility index (Phi) is 4.20. The van der Waals surface area contributed by atoms with Crippen LogP contribution in [0.1, 0.15) is 22.4 Å². The molecule has 1 heterocycles. The number of hydrogen-bond acceptors (Lipinski definition) is 3. The van der Waals surface area contributed by atoms with Crippen LogP contribution in [0.5, 0.6) is 0 Å². The summed E-state index contributed by atoms with van der Waals surface area (Å²) in [5.41, 5.74) is 3.24. The highest BCUT2D eigenvalue weighted by Gasteiger charge is 2.15. The van der Waals surface area contributed by atoms with Gasteiger partial charge in [-0.25, -0.2) is 4.68 Å². The summed E-state index contributed by atoms with van der Waals surface area (Å²) in [5.74, 6) is 0. The van der Waals surface area contributed by atoms with Crippen LogP contribution in [-0.2, 0) is 17.9 Å². The van der Waals surface area contributed by atoms with Crippen LogP contribution >= 0.6 is 11.6 Å². The smallest absolute Gasteiger partial charge is 0.145 e. The number of rotatable bonds is 4. The van der Waals surface area contributed by atoms with Crippen molar-refractivity contribution in [1.29, 1.82) is 5.26 Å². The summed E-state index contributed by atoms with van der Waals surface area (Å²) in [6.45, 7) is 2.86. The molecule has 5 heteroatoms. The van der Waals surface area contributed by atoms with Crippen molar-refractivity contribution in [2.75, 3.05) is 7.11 Å². The molecule has 0 amide bonds. The molecule has 0 aliphatic rings. The molecule has 2 rings (SSSR count). The lowest BCUT2D eigenvalue weighted by molar-refractivity contribution is 0.180. The summed E-state index contributed by atoms with van der Waals surface area (Å²) in [4.78, 5) is 0. The van der Waals surface area contributed by atoms with Gasteiger partial charge in [-0.2, -0.15) is 10.4 Å². The maximum absolute atomic E-state index is 9.10. The van der Waals surface area contributed by atoms with Crippen LogP contribution in [0.2, 0.25) is 5.15 Å². The first-order chi connectivity index (χ1) is 9.15. The lowest BCUT2D eigenvalue weighted by Gasteiger charge is -2.03. The first-order valence-electron chi connectivity index (χ1n) is 5.85. The van der Waals surface area contributed by atoms with Crippen LogP contribution in [0.3, 0.4) is 0 Å². The molecular formula is C14H14ClN3O. The summed E-state index contributed by atoms with van der Waals surface area (Å²) in [6, 6.07) is 10.2. The number of ether oxygens (including phenoxy) is 1. The zero-order valence-corrected chi connectivity index (χ0v) is 11.6. The van der Waals surface area contributed by atoms with Gasteiger partial charge in [0.25, 0.3) is 0 Å². The third-order valence-corrected chi connectivity index (χ3v) is 3.19. The van der Waals surface area contributed by atoms with Crippen LogP contribution in [0.15, 0.2) is 24.3 Å². The van der Waals surface area contributed by atoms with E-state index in [0.29, 0.717) is 23.0 Å². The first-order valence-corrected chi connectivity index (χ1v) is 6.23. The van der Waals surface area contributed by atoms with Gasteiger partial charge in [-0.15, -0.1) is 0 Å². The van der Waals surface area contributed by atoms with Gasteiger partial charge in [0.2, 0.25) is 0 Å². The van der Waals surface area contributed by atoms with Crippen molar-refractivity contribution < 1.29 is 4.74 Å². The first kappa shape index (κ1) is 13.6. The highest BCUT2D eigenvalue weighted by atomic mass is 35.5. The molecule has 19 heavy (non-hydrogen) atoms. The van der Waals surface area contributed by atoms with Gasteiger partial charge in [0.05, 0.1) is 13.2 Å². The van der Waals surface area contributed by atoms with E-state index in [0.717, 1.165) is 5.56 Å². The molecule has 4 nitrogen and oxygen atoms in total. The Balaban J connectivity index is 2.30. The van der Waals surface area contributed by atoms with Gasteiger partial charge in [-0.3, -0.25) is 0 Å². The molecule has 0 bridgehead atoms. The average molecular weight is 276 g/mol. The van der Waals surface area contributed by atoms with E-state index in [1.54, 1.807) is 11.8 Å². The molecule has 0 N–H and O–H groups in total. The van der Waals surface area contributed by atoms with Gasteiger partial charge in [0.15, 0.2) is 0 Å². The second-order valence-corrected chi connectivity index (χ2v) is 4.66. The number of nitriles is 1. The molecule has 1 aromatic heterocycles. The van der Waals surface area contributed by atoms with Gasteiger partial charge in [-0.05, 0) is 12.5 Å². The topological polar surface area (TPSA) is 50.8 Å². The van der Waals surface area contributed by atoms with E-state index in [1.807, 2.05) is 31.2 Å². The van der Waals surface area contributed by atoms with E-state index in [-0.39, 0.29) is 6.61 Å². The molecule has 0 fully saturated rings. The quantitative estimate of drug-likeness (QED) is 0.862. The monoisotopic (exact) mass is 275 g/mol. The van der Waals surface area contributed by atoms with E-state index >= 15 is 0 Å². The lowest BCUT2D eigenvalue weighted by Crippen LogP contribution is -2.02. The van der Waals surface area contributed by atoms with Crippen molar-refractivity contribution in [3.05, 3.63) is 51.8 Å². The molecule has 0 aliphatic carbocycles. The van der Waals surface area contributed by atoms with Crippen LogP contribution in [0.4, 0.5) is 0 Å². The Hall–Kier alpha value is -1.83. The van der Waals surface area contributed by atoms with Crippen LogP contribution in [0.25, 0.3) is 0 Å². The Morgan fingerprint density at radius 1 is 1.37 bits per heavy atom. The van der Waals surface area contributed by atoms with Gasteiger partial charge in [-0.1, -0.05) is 41.4 Å². The molecule has 0 saturated carbocycles. The molecule has 98 valence electrons. The summed E-state index contributed by atoms with van der Waals surface area (Å²) < 4.78 is 6.64. The fraction of sp³-hybridized carbons (Fsp3) is 0.286. The second-order valence-electron chi connectivity index (χ2n) is 4.30. The Morgan fingerprint density at radius 2 is 2.05 bits per heavy atom. The number of aromatic nitrogens is 2. The molecule has 0 saturated heterocycles. The fourth-order valence-electron chi connectivity index (χ4n) is 1.81. The normalized spacial score (nSPS) is 10.4. The average Bonchev–Trinajstić information content (AvgIpc) is 2.69. The van der Waals surface area contributed by atoms with E-state index in [1.165, 1.54) is 5.56 Å². The minimum absolute atomic E-state index is 0.281. The Bertz CT molecular complexity index is 611.